The first-order valence-corrected chi connectivity index (χ1v) is 18.7. The van der Waals surface area contributed by atoms with E-state index in [1.54, 1.807) is 20.5 Å². The Morgan fingerprint density at radius 1 is 0.980 bits per heavy atom. The number of rotatable bonds is 10. The quantitative estimate of drug-likeness (QED) is 0.280. The van der Waals surface area contributed by atoms with Crippen molar-refractivity contribution in [3.05, 3.63) is 35.0 Å². The number of hydrogen-bond acceptors (Lipinski definition) is 7. The molecule has 2 atom stereocenters. The largest absolute Gasteiger partial charge is 0.417 e. The van der Waals surface area contributed by atoms with Crippen LogP contribution in [-0.2, 0) is 35.3 Å². The number of fused-ring (bicyclic) bond motifs is 1. The van der Waals surface area contributed by atoms with Crippen LogP contribution in [-0.4, -0.2) is 123 Å². The number of benzene rings is 1. The van der Waals surface area contributed by atoms with Crippen molar-refractivity contribution in [3.63, 3.8) is 0 Å². The number of aromatic nitrogens is 2. The van der Waals surface area contributed by atoms with Crippen molar-refractivity contribution in [1.82, 2.24) is 29.4 Å². The van der Waals surface area contributed by atoms with Crippen molar-refractivity contribution >= 4 is 23.6 Å². The molecule has 2 amide bonds. The van der Waals surface area contributed by atoms with E-state index in [0.717, 1.165) is 61.4 Å². The fourth-order valence-electron chi connectivity index (χ4n) is 7.80. The molecular formula is C35H48F4N6O3S. The first-order valence-electron chi connectivity index (χ1n) is 17.7. The molecule has 3 fully saturated rings. The molecule has 49 heavy (non-hydrogen) atoms. The standard InChI is InChI=1S/C35H48F4N6O3S/c1-24(46)44-14-5-6-31(44)34(48)43-17-11-30-28(23-43)33(40-45(30)22-27(47)21-42-12-3-2-4-13-42)25-7-8-29(35(37,38)39)32(20-25)49-19-18-41-15-9-26(36)10-16-41/h7-8,20,26-27,31,47H,2-6,9-19,21-23H2,1H3/t27?,31-/m1/s1. The molecule has 4 aliphatic heterocycles. The number of amides is 2. The number of nitrogens with zero attached hydrogens (tertiary/aromatic N) is 6. The van der Waals surface area contributed by atoms with Gasteiger partial charge in [-0.3, -0.25) is 14.3 Å². The van der Waals surface area contributed by atoms with Gasteiger partial charge in [0, 0.05) is 86.6 Å². The molecule has 4 aliphatic rings. The molecule has 0 radical (unpaired) electrons. The topological polar surface area (TPSA) is 85.2 Å². The Balaban J connectivity index is 1.28. The molecule has 0 aliphatic carbocycles. The average molecular weight is 709 g/mol. The average Bonchev–Trinajstić information content (AvgIpc) is 3.71. The Kier molecular flexibility index (Phi) is 11.6. The predicted octanol–water partition coefficient (Wildman–Crippen LogP) is 4.84. The highest BCUT2D eigenvalue weighted by atomic mass is 32.2. The second-order valence-electron chi connectivity index (χ2n) is 13.9. The molecule has 0 spiro atoms. The summed E-state index contributed by atoms with van der Waals surface area (Å²) in [6.45, 7) is 7.07. The van der Waals surface area contributed by atoms with Gasteiger partial charge in [0.1, 0.15) is 12.2 Å². The fourth-order valence-corrected chi connectivity index (χ4v) is 8.92. The number of halogens is 4. The Labute approximate surface area is 290 Å². The van der Waals surface area contributed by atoms with Gasteiger partial charge in [-0.2, -0.15) is 18.3 Å². The van der Waals surface area contributed by atoms with Crippen LogP contribution < -0.4 is 0 Å². The van der Waals surface area contributed by atoms with Gasteiger partial charge < -0.3 is 24.7 Å². The van der Waals surface area contributed by atoms with Crippen LogP contribution in [0.4, 0.5) is 17.6 Å². The molecular weight excluding hydrogens is 660 g/mol. The lowest BCUT2D eigenvalue weighted by Gasteiger charge is -2.33. The molecule has 3 saturated heterocycles. The molecule has 1 aromatic heterocycles. The van der Waals surface area contributed by atoms with E-state index in [2.05, 4.69) is 9.80 Å². The van der Waals surface area contributed by atoms with Crippen LogP contribution in [0.1, 0.15) is 68.7 Å². The number of carbonyl (C=O) groups excluding carboxylic acids is 2. The Morgan fingerprint density at radius 3 is 2.45 bits per heavy atom. The number of aliphatic hydroxyl groups is 1. The highest BCUT2D eigenvalue weighted by molar-refractivity contribution is 7.99. The van der Waals surface area contributed by atoms with Crippen molar-refractivity contribution in [1.29, 1.82) is 0 Å². The third kappa shape index (κ3) is 8.62. The monoisotopic (exact) mass is 708 g/mol. The van der Waals surface area contributed by atoms with Gasteiger partial charge in [0.2, 0.25) is 11.8 Å². The third-order valence-corrected chi connectivity index (χ3v) is 11.5. The Bertz CT molecular complexity index is 1470. The molecule has 1 N–H and O–H groups in total. The third-order valence-electron chi connectivity index (χ3n) is 10.4. The molecule has 9 nitrogen and oxygen atoms in total. The number of alkyl halides is 4. The molecule has 6 rings (SSSR count). The maximum atomic E-state index is 14.2. The highest BCUT2D eigenvalue weighted by Gasteiger charge is 2.38. The van der Waals surface area contributed by atoms with Gasteiger partial charge in [0.15, 0.2) is 0 Å². The molecule has 0 saturated carbocycles. The van der Waals surface area contributed by atoms with E-state index in [1.807, 2.05) is 0 Å². The molecule has 5 heterocycles. The second kappa shape index (κ2) is 15.7. The number of hydrogen-bond donors (Lipinski definition) is 1. The Morgan fingerprint density at radius 2 is 1.73 bits per heavy atom. The van der Waals surface area contributed by atoms with Gasteiger partial charge in [-0.15, -0.1) is 11.8 Å². The maximum Gasteiger partial charge on any atom is 0.417 e. The van der Waals surface area contributed by atoms with E-state index in [9.17, 15) is 32.3 Å². The van der Waals surface area contributed by atoms with Crippen molar-refractivity contribution in [2.75, 3.05) is 58.1 Å². The lowest BCUT2D eigenvalue weighted by molar-refractivity contribution is -0.143. The van der Waals surface area contributed by atoms with Crippen LogP contribution in [0.25, 0.3) is 11.3 Å². The zero-order valence-corrected chi connectivity index (χ0v) is 29.1. The number of carbonyl (C=O) groups is 2. The highest BCUT2D eigenvalue weighted by Crippen LogP contribution is 2.40. The minimum atomic E-state index is -4.54. The van der Waals surface area contributed by atoms with E-state index in [-0.39, 0.29) is 29.8 Å². The van der Waals surface area contributed by atoms with Crippen molar-refractivity contribution in [3.8, 4) is 11.3 Å². The lowest BCUT2D eigenvalue weighted by atomic mass is 9.99. The van der Waals surface area contributed by atoms with Crippen LogP contribution in [0.5, 0.6) is 0 Å². The molecule has 2 aromatic rings. The van der Waals surface area contributed by atoms with Gasteiger partial charge in [-0.1, -0.05) is 12.5 Å². The molecule has 14 heteroatoms. The van der Waals surface area contributed by atoms with E-state index in [4.69, 9.17) is 5.10 Å². The smallest absolute Gasteiger partial charge is 0.390 e. The summed E-state index contributed by atoms with van der Waals surface area (Å²) < 4.78 is 58.0. The number of β-amino-alcohol motifs (C(OH)–C–C–N with tert-alkyl or cyclic N) is 1. The van der Waals surface area contributed by atoms with Crippen LogP contribution in [0.15, 0.2) is 23.1 Å². The normalized spacial score (nSPS) is 22.0. The molecule has 0 bridgehead atoms. The molecule has 270 valence electrons. The van der Waals surface area contributed by atoms with E-state index in [1.165, 1.54) is 19.4 Å². The lowest BCUT2D eigenvalue weighted by Crippen LogP contribution is -2.48. The van der Waals surface area contributed by atoms with Crippen LogP contribution in [0, 0.1) is 0 Å². The van der Waals surface area contributed by atoms with Gasteiger partial charge in [-0.25, -0.2) is 4.39 Å². The summed E-state index contributed by atoms with van der Waals surface area (Å²) in [5.41, 5.74) is 1.96. The summed E-state index contributed by atoms with van der Waals surface area (Å²) >= 11 is 1.14. The van der Waals surface area contributed by atoms with Crippen LogP contribution >= 0.6 is 11.8 Å². The summed E-state index contributed by atoms with van der Waals surface area (Å²) in [6.07, 6.45) is 0.0818. The summed E-state index contributed by atoms with van der Waals surface area (Å²) in [4.78, 5) is 33.8. The van der Waals surface area contributed by atoms with E-state index in [0.29, 0.717) is 82.0 Å². The van der Waals surface area contributed by atoms with E-state index >= 15 is 0 Å². The molecule has 1 unspecified atom stereocenters. The summed E-state index contributed by atoms with van der Waals surface area (Å²) in [5.74, 6) is 0.170. The van der Waals surface area contributed by atoms with Gasteiger partial charge in [0.25, 0.3) is 0 Å². The summed E-state index contributed by atoms with van der Waals surface area (Å²) in [7, 11) is 0. The van der Waals surface area contributed by atoms with Gasteiger partial charge >= 0.3 is 6.18 Å². The van der Waals surface area contributed by atoms with Crippen molar-refractivity contribution in [2.24, 2.45) is 0 Å². The Hall–Kier alpha value is -2.68. The number of thioether (sulfide) groups is 1. The first-order chi connectivity index (χ1) is 23.5. The van der Waals surface area contributed by atoms with Crippen molar-refractivity contribution < 1.29 is 32.3 Å². The van der Waals surface area contributed by atoms with Crippen LogP contribution in [0.3, 0.4) is 0 Å². The second-order valence-corrected chi connectivity index (χ2v) is 15.1. The number of likely N-dealkylation sites (tertiary alicyclic amines) is 3. The summed E-state index contributed by atoms with van der Waals surface area (Å²) in [5, 5.41) is 16.1. The first kappa shape index (κ1) is 36.1. The SMILES string of the molecule is CC(=O)N1CCC[C@@H]1C(=O)N1CCc2c(c(-c3ccc(C(F)(F)F)c(SCCN4CCC(F)CC4)c3)nn2CC(O)CN2CCCCC2)C1. The zero-order valence-electron chi connectivity index (χ0n) is 28.3. The summed E-state index contributed by atoms with van der Waals surface area (Å²) in [6, 6.07) is 3.59. The van der Waals surface area contributed by atoms with Crippen molar-refractivity contribution in [2.45, 2.75) is 101 Å². The van der Waals surface area contributed by atoms with Gasteiger partial charge in [0.05, 0.1) is 23.9 Å². The maximum absolute atomic E-state index is 14.2. The van der Waals surface area contributed by atoms with E-state index < -0.39 is 30.1 Å². The predicted molar refractivity (Wildman–Crippen MR) is 180 cm³/mol. The van der Waals surface area contributed by atoms with Gasteiger partial charge in [-0.05, 0) is 63.7 Å². The minimum absolute atomic E-state index is 0.102. The fraction of sp³-hybridized carbons (Fsp3) is 0.686. The molecule has 1 aromatic carbocycles. The minimum Gasteiger partial charge on any atom is -0.390 e. The number of aliphatic hydroxyl groups excluding tert-OH is 1. The number of piperidine rings is 2. The van der Waals surface area contributed by atoms with Crippen LogP contribution in [0.2, 0.25) is 0 Å². The zero-order chi connectivity index (χ0) is 34.7.